The highest BCUT2D eigenvalue weighted by Gasteiger charge is 1.99. The molecule has 0 amide bonds. The number of nitrogens with zero attached hydrogens (tertiary/aromatic N) is 1. The summed E-state index contributed by atoms with van der Waals surface area (Å²) in [5, 5.41) is 0. The van der Waals surface area contributed by atoms with Gasteiger partial charge in [-0.3, -0.25) is 0 Å². The lowest BCUT2D eigenvalue weighted by molar-refractivity contribution is 0.401. The van der Waals surface area contributed by atoms with E-state index in [0.29, 0.717) is 0 Å². The Hall–Kier alpha value is -1.80. The minimum Gasteiger partial charge on any atom is -0.457 e. The number of rotatable bonds is 4. The van der Waals surface area contributed by atoms with Crippen LogP contribution < -0.4 is 4.74 Å². The Balaban J connectivity index is 2.11. The summed E-state index contributed by atoms with van der Waals surface area (Å²) < 4.78 is 5.78. The summed E-state index contributed by atoms with van der Waals surface area (Å²) in [5.41, 5.74) is 1.25. The van der Waals surface area contributed by atoms with E-state index in [0.717, 1.165) is 18.0 Å². The second-order valence-corrected chi connectivity index (χ2v) is 4.30. The van der Waals surface area contributed by atoms with Crippen LogP contribution in [0.15, 0.2) is 54.6 Å². The fraction of sp³-hybridized carbons (Fsp3) is 0.200. The average Bonchev–Trinajstić information content (AvgIpc) is 2.30. The summed E-state index contributed by atoms with van der Waals surface area (Å²) in [7, 11) is 4.12. The van der Waals surface area contributed by atoms with Gasteiger partial charge in [-0.05, 0) is 43.9 Å². The van der Waals surface area contributed by atoms with E-state index >= 15 is 0 Å². The predicted octanol–water partition coefficient (Wildman–Crippen LogP) is 3.54. The van der Waals surface area contributed by atoms with Crippen LogP contribution in [0.4, 0.5) is 0 Å². The molecule has 2 aromatic carbocycles. The molecular formula is C15H17NO. The zero-order valence-corrected chi connectivity index (χ0v) is 10.3. The van der Waals surface area contributed by atoms with Gasteiger partial charge in [0.25, 0.3) is 0 Å². The largest absolute Gasteiger partial charge is 0.457 e. The van der Waals surface area contributed by atoms with Crippen LogP contribution in [0.25, 0.3) is 0 Å². The van der Waals surface area contributed by atoms with Crippen molar-refractivity contribution in [3.8, 4) is 11.5 Å². The van der Waals surface area contributed by atoms with Crippen molar-refractivity contribution in [3.63, 3.8) is 0 Å². The Kier molecular flexibility index (Phi) is 3.78. The fourth-order valence-electron chi connectivity index (χ4n) is 1.70. The molecule has 2 aromatic rings. The monoisotopic (exact) mass is 227 g/mol. The average molecular weight is 227 g/mol. The third-order valence-electron chi connectivity index (χ3n) is 2.38. The molecule has 0 heterocycles. The molecule has 0 saturated carbocycles. The van der Waals surface area contributed by atoms with Crippen molar-refractivity contribution in [3.05, 3.63) is 60.2 Å². The topological polar surface area (TPSA) is 12.5 Å². The van der Waals surface area contributed by atoms with E-state index in [2.05, 4.69) is 31.1 Å². The Bertz CT molecular complexity index is 465. The fourth-order valence-corrected chi connectivity index (χ4v) is 1.70. The van der Waals surface area contributed by atoms with Crippen LogP contribution in [0.2, 0.25) is 0 Å². The lowest BCUT2D eigenvalue weighted by Crippen LogP contribution is -2.10. The molecule has 2 rings (SSSR count). The zero-order chi connectivity index (χ0) is 12.1. The summed E-state index contributed by atoms with van der Waals surface area (Å²) in [6, 6.07) is 18.0. The second kappa shape index (κ2) is 5.51. The van der Waals surface area contributed by atoms with Crippen molar-refractivity contribution in [2.45, 2.75) is 6.54 Å². The van der Waals surface area contributed by atoms with Crippen LogP contribution in [-0.4, -0.2) is 19.0 Å². The first kappa shape index (κ1) is 11.7. The molecule has 0 atom stereocenters. The highest BCUT2D eigenvalue weighted by Crippen LogP contribution is 2.21. The maximum absolute atomic E-state index is 5.78. The normalized spacial score (nSPS) is 10.5. The van der Waals surface area contributed by atoms with Gasteiger partial charge in [-0.2, -0.15) is 0 Å². The Morgan fingerprint density at radius 3 is 2.29 bits per heavy atom. The molecule has 0 aliphatic carbocycles. The molecule has 0 unspecified atom stereocenters. The third-order valence-corrected chi connectivity index (χ3v) is 2.38. The van der Waals surface area contributed by atoms with Gasteiger partial charge in [0.2, 0.25) is 0 Å². The number of hydrogen-bond donors (Lipinski definition) is 0. The highest BCUT2D eigenvalue weighted by molar-refractivity contribution is 5.33. The van der Waals surface area contributed by atoms with E-state index in [1.165, 1.54) is 5.56 Å². The molecule has 88 valence electrons. The predicted molar refractivity (Wildman–Crippen MR) is 70.3 cm³/mol. The number of ether oxygens (including phenoxy) is 1. The SMILES string of the molecule is CN(C)Cc1cccc(Oc2ccccc2)c1. The first-order valence-electron chi connectivity index (χ1n) is 5.70. The number of benzene rings is 2. The van der Waals surface area contributed by atoms with Crippen LogP contribution in [0.3, 0.4) is 0 Å². The van der Waals surface area contributed by atoms with Gasteiger partial charge in [-0.25, -0.2) is 0 Å². The molecule has 0 aliphatic rings. The highest BCUT2D eigenvalue weighted by atomic mass is 16.5. The van der Waals surface area contributed by atoms with Crippen molar-refractivity contribution < 1.29 is 4.74 Å². The Morgan fingerprint density at radius 1 is 0.882 bits per heavy atom. The molecule has 17 heavy (non-hydrogen) atoms. The van der Waals surface area contributed by atoms with Gasteiger partial charge in [0, 0.05) is 6.54 Å². The van der Waals surface area contributed by atoms with Gasteiger partial charge in [0.05, 0.1) is 0 Å². The first-order chi connectivity index (χ1) is 8.24. The summed E-state index contributed by atoms with van der Waals surface area (Å²) in [6.45, 7) is 0.923. The van der Waals surface area contributed by atoms with Crippen molar-refractivity contribution in [2.24, 2.45) is 0 Å². The van der Waals surface area contributed by atoms with Crippen molar-refractivity contribution >= 4 is 0 Å². The summed E-state index contributed by atoms with van der Waals surface area (Å²) in [5.74, 6) is 1.75. The van der Waals surface area contributed by atoms with Crippen LogP contribution in [0.1, 0.15) is 5.56 Å². The third kappa shape index (κ3) is 3.61. The van der Waals surface area contributed by atoms with E-state index in [1.807, 2.05) is 42.5 Å². The maximum Gasteiger partial charge on any atom is 0.127 e. The summed E-state index contributed by atoms with van der Waals surface area (Å²) >= 11 is 0. The van der Waals surface area contributed by atoms with Gasteiger partial charge < -0.3 is 9.64 Å². The molecule has 0 radical (unpaired) electrons. The Morgan fingerprint density at radius 2 is 1.59 bits per heavy atom. The van der Waals surface area contributed by atoms with Crippen LogP contribution >= 0.6 is 0 Å². The Labute approximate surface area is 102 Å². The molecule has 2 heteroatoms. The smallest absolute Gasteiger partial charge is 0.127 e. The standard InChI is InChI=1S/C15H17NO/c1-16(2)12-13-7-6-10-15(11-13)17-14-8-4-3-5-9-14/h3-11H,12H2,1-2H3. The van der Waals surface area contributed by atoms with E-state index in [1.54, 1.807) is 0 Å². The molecule has 2 nitrogen and oxygen atoms in total. The molecule has 0 aliphatic heterocycles. The molecule has 0 bridgehead atoms. The van der Waals surface area contributed by atoms with Gasteiger partial charge >= 0.3 is 0 Å². The molecule has 0 N–H and O–H groups in total. The van der Waals surface area contributed by atoms with E-state index in [9.17, 15) is 0 Å². The van der Waals surface area contributed by atoms with Crippen molar-refractivity contribution in [1.29, 1.82) is 0 Å². The van der Waals surface area contributed by atoms with Crippen LogP contribution in [-0.2, 0) is 6.54 Å². The first-order valence-corrected chi connectivity index (χ1v) is 5.70. The van der Waals surface area contributed by atoms with Crippen molar-refractivity contribution in [2.75, 3.05) is 14.1 Å². The summed E-state index contributed by atoms with van der Waals surface area (Å²) in [4.78, 5) is 2.14. The van der Waals surface area contributed by atoms with E-state index < -0.39 is 0 Å². The number of hydrogen-bond acceptors (Lipinski definition) is 2. The molecule has 0 fully saturated rings. The van der Waals surface area contributed by atoms with Gasteiger partial charge in [0.1, 0.15) is 11.5 Å². The van der Waals surface area contributed by atoms with Crippen LogP contribution in [0.5, 0.6) is 11.5 Å². The van der Waals surface area contributed by atoms with Crippen molar-refractivity contribution in [1.82, 2.24) is 4.90 Å². The second-order valence-electron chi connectivity index (χ2n) is 4.30. The maximum atomic E-state index is 5.78. The van der Waals surface area contributed by atoms with Gasteiger partial charge in [0.15, 0.2) is 0 Å². The molecule has 0 spiro atoms. The van der Waals surface area contributed by atoms with Crippen LogP contribution in [0, 0.1) is 0 Å². The lowest BCUT2D eigenvalue weighted by atomic mass is 10.2. The molecular weight excluding hydrogens is 210 g/mol. The van der Waals surface area contributed by atoms with Gasteiger partial charge in [-0.15, -0.1) is 0 Å². The van der Waals surface area contributed by atoms with E-state index in [-0.39, 0.29) is 0 Å². The molecule has 0 saturated heterocycles. The molecule has 0 aromatic heterocycles. The quantitative estimate of drug-likeness (QED) is 0.792. The zero-order valence-electron chi connectivity index (χ0n) is 10.3. The van der Waals surface area contributed by atoms with Gasteiger partial charge in [-0.1, -0.05) is 30.3 Å². The minimum atomic E-state index is 0.870. The van der Waals surface area contributed by atoms with E-state index in [4.69, 9.17) is 4.74 Å². The lowest BCUT2D eigenvalue weighted by Gasteiger charge is -2.11. The minimum absolute atomic E-state index is 0.870. The summed E-state index contributed by atoms with van der Waals surface area (Å²) in [6.07, 6.45) is 0. The number of para-hydroxylation sites is 1.